The van der Waals surface area contributed by atoms with Gasteiger partial charge in [-0.25, -0.2) is 4.90 Å². The molecule has 1 aliphatic rings. The number of nitrogens with zero attached hydrogens (tertiary/aromatic N) is 1. The zero-order valence-electron chi connectivity index (χ0n) is 19.6. The minimum Gasteiger partial charge on any atom is -0.491 e. The Morgan fingerprint density at radius 3 is 2.39 bits per heavy atom. The van der Waals surface area contributed by atoms with Gasteiger partial charge in [0.15, 0.2) is 0 Å². The first kappa shape index (κ1) is 25.3. The van der Waals surface area contributed by atoms with Crippen LogP contribution in [0.2, 0.25) is 5.02 Å². The lowest BCUT2D eigenvalue weighted by Crippen LogP contribution is -2.32. The van der Waals surface area contributed by atoms with Crippen molar-refractivity contribution in [2.45, 2.75) is 20.3 Å². The number of benzene rings is 3. The molecule has 0 aliphatic carbocycles. The van der Waals surface area contributed by atoms with Gasteiger partial charge in [-0.15, -0.1) is 0 Å². The van der Waals surface area contributed by atoms with Crippen LogP contribution in [0, 0.1) is 6.92 Å². The zero-order valence-corrected chi connectivity index (χ0v) is 21.1. The molecule has 2 N–H and O–H groups in total. The molecule has 0 aromatic heterocycles. The number of hydrogen-bond acceptors (Lipinski definition) is 5. The molecule has 0 unspecified atom stereocenters. The second-order valence-corrected chi connectivity index (χ2v) is 8.88. The number of para-hydroxylation sites is 2. The third kappa shape index (κ3) is 5.22. The monoisotopic (exact) mass is 523 g/mol. The lowest BCUT2D eigenvalue weighted by atomic mass is 10.1. The van der Waals surface area contributed by atoms with Crippen molar-refractivity contribution in [2.24, 2.45) is 0 Å². The molecular weight excluding hydrogens is 501 g/mol. The Kier molecular flexibility index (Phi) is 7.62. The SMILES string of the molecule is CCCOc1ccccc1NC(=O)c1ccc(C)c(NC2=C(Cl)C(=O)N(c3ccc(Cl)cc3)C2=O)c1. The summed E-state index contributed by atoms with van der Waals surface area (Å²) in [5.74, 6) is -1.04. The first-order chi connectivity index (χ1) is 17.3. The van der Waals surface area contributed by atoms with Gasteiger partial charge in [0.1, 0.15) is 16.5 Å². The molecule has 1 heterocycles. The van der Waals surface area contributed by atoms with E-state index in [2.05, 4.69) is 10.6 Å². The molecule has 0 radical (unpaired) electrons. The highest BCUT2D eigenvalue weighted by atomic mass is 35.5. The summed E-state index contributed by atoms with van der Waals surface area (Å²) in [6, 6.07) is 18.5. The van der Waals surface area contributed by atoms with Crippen LogP contribution in [0.4, 0.5) is 17.1 Å². The topological polar surface area (TPSA) is 87.7 Å². The number of amides is 3. The van der Waals surface area contributed by atoms with Crippen LogP contribution in [0.1, 0.15) is 29.3 Å². The van der Waals surface area contributed by atoms with E-state index in [1.807, 2.05) is 19.9 Å². The van der Waals surface area contributed by atoms with Crippen LogP contribution in [0.15, 0.2) is 77.5 Å². The number of halogens is 2. The number of anilines is 3. The summed E-state index contributed by atoms with van der Waals surface area (Å²) in [6.45, 7) is 4.34. The van der Waals surface area contributed by atoms with Gasteiger partial charge in [0.05, 0.1) is 18.0 Å². The smallest absolute Gasteiger partial charge is 0.283 e. The summed E-state index contributed by atoms with van der Waals surface area (Å²) >= 11 is 12.2. The maximum absolute atomic E-state index is 13.1. The molecule has 0 bridgehead atoms. The van der Waals surface area contributed by atoms with E-state index in [0.717, 1.165) is 16.9 Å². The summed E-state index contributed by atoms with van der Waals surface area (Å²) in [5.41, 5.74) is 2.38. The predicted molar refractivity (Wildman–Crippen MR) is 142 cm³/mol. The second kappa shape index (κ2) is 10.8. The average molecular weight is 524 g/mol. The number of rotatable bonds is 8. The Hall–Kier alpha value is -3.81. The van der Waals surface area contributed by atoms with Crippen molar-refractivity contribution in [3.8, 4) is 5.75 Å². The van der Waals surface area contributed by atoms with Gasteiger partial charge in [-0.3, -0.25) is 14.4 Å². The van der Waals surface area contributed by atoms with Gasteiger partial charge >= 0.3 is 0 Å². The maximum atomic E-state index is 13.1. The molecule has 0 fully saturated rings. The number of imide groups is 1. The number of ether oxygens (including phenoxy) is 1. The minimum atomic E-state index is -0.651. The van der Waals surface area contributed by atoms with Crippen LogP contribution in [0.25, 0.3) is 0 Å². The Labute approximate surface area is 218 Å². The fourth-order valence-electron chi connectivity index (χ4n) is 3.57. The second-order valence-electron chi connectivity index (χ2n) is 8.06. The van der Waals surface area contributed by atoms with Gasteiger partial charge in [-0.2, -0.15) is 0 Å². The van der Waals surface area contributed by atoms with E-state index in [1.165, 1.54) is 0 Å². The third-order valence-electron chi connectivity index (χ3n) is 5.47. The summed E-state index contributed by atoms with van der Waals surface area (Å²) in [6.07, 6.45) is 0.838. The van der Waals surface area contributed by atoms with Crippen molar-refractivity contribution in [3.05, 3.63) is 93.6 Å². The third-order valence-corrected chi connectivity index (χ3v) is 6.07. The minimum absolute atomic E-state index is 0.0735. The van der Waals surface area contributed by atoms with Crippen molar-refractivity contribution in [1.29, 1.82) is 0 Å². The molecule has 3 amide bonds. The highest BCUT2D eigenvalue weighted by Crippen LogP contribution is 2.32. The zero-order chi connectivity index (χ0) is 25.8. The average Bonchev–Trinajstić information content (AvgIpc) is 3.08. The molecule has 4 rings (SSSR count). The van der Waals surface area contributed by atoms with E-state index in [-0.39, 0.29) is 16.6 Å². The van der Waals surface area contributed by atoms with Crippen molar-refractivity contribution in [2.75, 3.05) is 22.1 Å². The van der Waals surface area contributed by atoms with E-state index >= 15 is 0 Å². The van der Waals surface area contributed by atoms with Crippen molar-refractivity contribution < 1.29 is 19.1 Å². The summed E-state index contributed by atoms with van der Waals surface area (Å²) < 4.78 is 5.71. The lowest BCUT2D eigenvalue weighted by Gasteiger charge is -2.16. The van der Waals surface area contributed by atoms with Crippen LogP contribution in [-0.4, -0.2) is 24.3 Å². The molecule has 0 atom stereocenters. The highest BCUT2D eigenvalue weighted by Gasteiger charge is 2.39. The Bertz CT molecular complexity index is 1370. The molecule has 3 aromatic rings. The number of hydrogen-bond donors (Lipinski definition) is 2. The van der Waals surface area contributed by atoms with Crippen molar-refractivity contribution in [3.63, 3.8) is 0 Å². The highest BCUT2D eigenvalue weighted by molar-refractivity contribution is 6.53. The molecule has 0 saturated carbocycles. The van der Waals surface area contributed by atoms with Gasteiger partial charge in [0, 0.05) is 16.3 Å². The van der Waals surface area contributed by atoms with Crippen LogP contribution in [-0.2, 0) is 9.59 Å². The summed E-state index contributed by atoms with van der Waals surface area (Å²) in [5, 5.41) is 6.05. The number of carbonyl (C=O) groups is 3. The Balaban J connectivity index is 1.56. The molecule has 184 valence electrons. The predicted octanol–water partition coefficient (Wildman–Crippen LogP) is 6.13. The molecule has 0 saturated heterocycles. The first-order valence-electron chi connectivity index (χ1n) is 11.2. The number of nitrogens with one attached hydrogen (secondary N) is 2. The molecule has 7 nitrogen and oxygen atoms in total. The molecule has 0 spiro atoms. The maximum Gasteiger partial charge on any atom is 0.283 e. The molecule has 3 aromatic carbocycles. The fourth-order valence-corrected chi connectivity index (χ4v) is 3.91. The lowest BCUT2D eigenvalue weighted by molar-refractivity contribution is -0.120. The van der Waals surface area contributed by atoms with Crippen LogP contribution >= 0.6 is 23.2 Å². The Morgan fingerprint density at radius 1 is 0.944 bits per heavy atom. The van der Waals surface area contributed by atoms with Gasteiger partial charge in [-0.1, -0.05) is 48.3 Å². The Morgan fingerprint density at radius 2 is 1.67 bits per heavy atom. The molecule has 1 aliphatic heterocycles. The largest absolute Gasteiger partial charge is 0.491 e. The normalized spacial score (nSPS) is 13.3. The van der Waals surface area contributed by atoms with E-state index in [1.54, 1.807) is 60.7 Å². The van der Waals surface area contributed by atoms with Crippen molar-refractivity contribution >= 4 is 58.0 Å². The van der Waals surface area contributed by atoms with Crippen LogP contribution in [0.5, 0.6) is 5.75 Å². The quantitative estimate of drug-likeness (QED) is 0.347. The van der Waals surface area contributed by atoms with Crippen molar-refractivity contribution in [1.82, 2.24) is 0 Å². The van der Waals surface area contributed by atoms with Gasteiger partial charge in [0.25, 0.3) is 17.7 Å². The molecule has 36 heavy (non-hydrogen) atoms. The summed E-state index contributed by atoms with van der Waals surface area (Å²) in [7, 11) is 0. The van der Waals surface area contributed by atoms with E-state index in [9.17, 15) is 14.4 Å². The van der Waals surface area contributed by atoms with Crippen LogP contribution in [0.3, 0.4) is 0 Å². The number of aryl methyl sites for hydroxylation is 1. The van der Waals surface area contributed by atoms with Crippen LogP contribution < -0.4 is 20.3 Å². The standard InChI is InChI=1S/C27H23Cl2N3O4/c1-3-14-36-22-7-5-4-6-20(22)31-25(33)17-9-8-16(2)21(15-17)30-24-23(29)26(34)32(27(24)35)19-12-10-18(28)11-13-19/h4-13,15,30H,3,14H2,1-2H3,(H,31,33). The summed E-state index contributed by atoms with van der Waals surface area (Å²) in [4.78, 5) is 39.8. The molecule has 9 heteroatoms. The first-order valence-corrected chi connectivity index (χ1v) is 12.0. The van der Waals surface area contributed by atoms with Gasteiger partial charge in [0.2, 0.25) is 0 Å². The fraction of sp³-hybridized carbons (Fsp3) is 0.148. The van der Waals surface area contributed by atoms with Gasteiger partial charge in [-0.05, 0) is 67.4 Å². The van der Waals surface area contributed by atoms with E-state index < -0.39 is 11.8 Å². The van der Waals surface area contributed by atoms with E-state index in [4.69, 9.17) is 27.9 Å². The van der Waals surface area contributed by atoms with Gasteiger partial charge < -0.3 is 15.4 Å². The number of carbonyl (C=O) groups excluding carboxylic acids is 3. The van der Waals surface area contributed by atoms with E-state index in [0.29, 0.717) is 40.0 Å². The molecular formula is C27H23Cl2N3O4.